The topological polar surface area (TPSA) is 63.2 Å². The lowest BCUT2D eigenvalue weighted by Crippen LogP contribution is -2.28. The summed E-state index contributed by atoms with van der Waals surface area (Å²) in [5, 5.41) is 6.31. The minimum Gasteiger partial charge on any atom is -0.290 e. The van der Waals surface area contributed by atoms with E-state index in [1.807, 2.05) is 0 Å². The molecule has 2 aromatic rings. The van der Waals surface area contributed by atoms with Gasteiger partial charge in [0.25, 0.3) is 0 Å². The average Bonchev–Trinajstić information content (AvgIpc) is 2.88. The van der Waals surface area contributed by atoms with Crippen LogP contribution in [0.15, 0.2) is 23.6 Å². The molecule has 0 saturated heterocycles. The van der Waals surface area contributed by atoms with Gasteiger partial charge in [-0.1, -0.05) is 29.3 Å². The van der Waals surface area contributed by atoms with Crippen LogP contribution in [0.1, 0.15) is 17.5 Å². The number of hydroxylamine groups is 1. The highest BCUT2D eigenvalue weighted by Gasteiger charge is 2.11. The molecule has 1 heterocycles. The van der Waals surface area contributed by atoms with Crippen molar-refractivity contribution in [2.24, 2.45) is 0 Å². The van der Waals surface area contributed by atoms with Crippen molar-refractivity contribution in [2.75, 3.05) is 11.9 Å². The Morgan fingerprint density at radius 3 is 2.76 bits per heavy atom. The molecule has 0 aliphatic carbocycles. The van der Waals surface area contributed by atoms with Crippen molar-refractivity contribution in [2.45, 2.75) is 13.3 Å². The number of thiazole rings is 1. The van der Waals surface area contributed by atoms with Crippen LogP contribution < -0.4 is 10.8 Å². The van der Waals surface area contributed by atoms with Crippen molar-refractivity contribution in [3.05, 3.63) is 44.2 Å². The molecule has 21 heavy (non-hydrogen) atoms. The van der Waals surface area contributed by atoms with Crippen LogP contribution in [0.5, 0.6) is 0 Å². The van der Waals surface area contributed by atoms with Crippen molar-refractivity contribution >= 4 is 46.4 Å². The monoisotopic (exact) mass is 345 g/mol. The van der Waals surface area contributed by atoms with Crippen LogP contribution in [0.3, 0.4) is 0 Å². The fraction of sp³-hybridized carbons (Fsp3) is 0.231. The van der Waals surface area contributed by atoms with Crippen molar-refractivity contribution in [3.8, 4) is 0 Å². The zero-order valence-corrected chi connectivity index (χ0v) is 13.5. The second-order valence-electron chi connectivity index (χ2n) is 3.99. The highest BCUT2D eigenvalue weighted by atomic mass is 35.5. The normalized spacial score (nSPS) is 10.4. The molecule has 2 amide bonds. The first-order valence-corrected chi connectivity index (χ1v) is 7.79. The number of hydrogen-bond donors (Lipinski definition) is 2. The predicted molar refractivity (Wildman–Crippen MR) is 85.2 cm³/mol. The number of nitrogens with zero attached hydrogens (tertiary/aromatic N) is 1. The van der Waals surface area contributed by atoms with E-state index >= 15 is 0 Å². The summed E-state index contributed by atoms with van der Waals surface area (Å²) in [6, 6.07) is 4.89. The lowest BCUT2D eigenvalue weighted by molar-refractivity contribution is 0.0758. The molecule has 0 fully saturated rings. The molecule has 0 saturated carbocycles. The molecule has 1 aromatic carbocycles. The lowest BCUT2D eigenvalue weighted by atomic mass is 10.1. The smallest absolute Gasteiger partial charge is 0.290 e. The maximum absolute atomic E-state index is 11.4. The second kappa shape index (κ2) is 7.61. The number of nitrogens with one attached hydrogen (secondary N) is 2. The number of anilines is 1. The first kappa shape index (κ1) is 16.0. The summed E-state index contributed by atoms with van der Waals surface area (Å²) in [5.74, 6) is 0.454. The van der Waals surface area contributed by atoms with E-state index in [0.717, 1.165) is 10.6 Å². The Balaban J connectivity index is 2.02. The molecule has 0 aliphatic rings. The molecule has 5 nitrogen and oxygen atoms in total. The third-order valence-corrected chi connectivity index (χ3v) is 4.05. The molecule has 1 aromatic heterocycles. The van der Waals surface area contributed by atoms with E-state index < -0.39 is 6.03 Å². The summed E-state index contributed by atoms with van der Waals surface area (Å²) in [7, 11) is 0. The second-order valence-corrected chi connectivity index (χ2v) is 5.75. The highest BCUT2D eigenvalue weighted by molar-refractivity contribution is 7.10. The number of benzene rings is 1. The highest BCUT2D eigenvalue weighted by Crippen LogP contribution is 2.28. The van der Waals surface area contributed by atoms with Gasteiger partial charge in [-0.2, -0.15) is 0 Å². The van der Waals surface area contributed by atoms with Gasteiger partial charge in [0.15, 0.2) is 0 Å². The maximum Gasteiger partial charge on any atom is 0.344 e. The summed E-state index contributed by atoms with van der Waals surface area (Å²) in [5.41, 5.74) is 3.05. The third-order valence-electron chi connectivity index (χ3n) is 2.49. The molecule has 0 bridgehead atoms. The van der Waals surface area contributed by atoms with Gasteiger partial charge in [-0.15, -0.1) is 11.3 Å². The number of urea groups is 1. The Labute approximate surface area is 136 Å². The van der Waals surface area contributed by atoms with E-state index in [0.29, 0.717) is 28.9 Å². The average molecular weight is 346 g/mol. The molecule has 2 rings (SSSR count). The molecule has 0 spiro atoms. The zero-order chi connectivity index (χ0) is 15.2. The van der Waals surface area contributed by atoms with Crippen molar-refractivity contribution < 1.29 is 9.63 Å². The third kappa shape index (κ3) is 4.57. The van der Waals surface area contributed by atoms with E-state index in [1.54, 1.807) is 30.5 Å². The number of carbonyl (C=O) groups is 1. The quantitative estimate of drug-likeness (QED) is 0.801. The molecule has 2 N–H and O–H groups in total. The van der Waals surface area contributed by atoms with Crippen molar-refractivity contribution in [1.29, 1.82) is 0 Å². The molecular weight excluding hydrogens is 333 g/mol. The Hall–Kier alpha value is -1.34. The van der Waals surface area contributed by atoms with E-state index in [2.05, 4.69) is 15.8 Å². The van der Waals surface area contributed by atoms with Gasteiger partial charge < -0.3 is 0 Å². The predicted octanol–water partition coefficient (Wildman–Crippen LogP) is 4.11. The summed E-state index contributed by atoms with van der Waals surface area (Å²) >= 11 is 13.7. The molecule has 8 heteroatoms. The van der Waals surface area contributed by atoms with Crippen LogP contribution in [0.4, 0.5) is 10.6 Å². The number of hydrogen-bond acceptors (Lipinski definition) is 4. The van der Waals surface area contributed by atoms with Gasteiger partial charge in [-0.3, -0.25) is 10.2 Å². The molecule has 0 radical (unpaired) electrons. The summed E-state index contributed by atoms with van der Waals surface area (Å²) in [6.07, 6.45) is 0.512. The number of rotatable bonds is 5. The van der Waals surface area contributed by atoms with Crippen LogP contribution in [0.2, 0.25) is 10.0 Å². The fourth-order valence-corrected chi connectivity index (χ4v) is 2.85. The van der Waals surface area contributed by atoms with Crippen LogP contribution in [-0.4, -0.2) is 17.6 Å². The first-order chi connectivity index (χ1) is 10.1. The summed E-state index contributed by atoms with van der Waals surface area (Å²) in [6.45, 7) is 2.16. The fourth-order valence-electron chi connectivity index (χ4n) is 1.58. The molecule has 0 aliphatic heterocycles. The van der Waals surface area contributed by atoms with Crippen molar-refractivity contribution in [3.63, 3.8) is 0 Å². The number of halogens is 2. The van der Waals surface area contributed by atoms with Gasteiger partial charge in [-0.25, -0.2) is 15.3 Å². The van der Waals surface area contributed by atoms with E-state index in [-0.39, 0.29) is 0 Å². The van der Waals surface area contributed by atoms with Gasteiger partial charge in [0, 0.05) is 21.8 Å². The minimum atomic E-state index is -0.468. The van der Waals surface area contributed by atoms with Gasteiger partial charge in [0.1, 0.15) is 5.82 Å². The lowest BCUT2D eigenvalue weighted by Gasteiger charge is -2.05. The number of aromatic nitrogens is 1. The van der Waals surface area contributed by atoms with Crippen LogP contribution >= 0.6 is 34.5 Å². The van der Waals surface area contributed by atoms with Crippen LogP contribution in [-0.2, 0) is 11.3 Å². The molecular formula is C13H13Cl2N3O2S. The standard InChI is InChI=1S/C13H13Cl2N3O2S/c1-2-20-18-13(19)17-11-7-21-12(16-11)6-8-9(14)4-3-5-10(8)15/h3-5,7H,2,6H2,1H3,(H2,17,18,19). The summed E-state index contributed by atoms with van der Waals surface area (Å²) < 4.78 is 0. The van der Waals surface area contributed by atoms with Gasteiger partial charge >= 0.3 is 6.03 Å². The SMILES string of the molecule is CCONC(=O)Nc1csc(Cc2c(Cl)cccc2Cl)n1. The molecule has 112 valence electrons. The Bertz CT molecular complexity index is 613. The Morgan fingerprint density at radius 2 is 2.10 bits per heavy atom. The van der Waals surface area contributed by atoms with Crippen LogP contribution in [0, 0.1) is 0 Å². The van der Waals surface area contributed by atoms with Crippen LogP contribution in [0.25, 0.3) is 0 Å². The van der Waals surface area contributed by atoms with E-state index in [9.17, 15) is 4.79 Å². The van der Waals surface area contributed by atoms with Gasteiger partial charge in [-0.05, 0) is 24.6 Å². The van der Waals surface area contributed by atoms with E-state index in [1.165, 1.54) is 11.3 Å². The Morgan fingerprint density at radius 1 is 1.38 bits per heavy atom. The molecule has 0 atom stereocenters. The zero-order valence-electron chi connectivity index (χ0n) is 11.2. The minimum absolute atomic E-state index is 0.390. The molecule has 0 unspecified atom stereocenters. The number of carbonyl (C=O) groups excluding carboxylic acids is 1. The maximum atomic E-state index is 11.4. The summed E-state index contributed by atoms with van der Waals surface area (Å²) in [4.78, 5) is 20.5. The van der Waals surface area contributed by atoms with Gasteiger partial charge in [0.2, 0.25) is 0 Å². The van der Waals surface area contributed by atoms with Gasteiger partial charge in [0.05, 0.1) is 11.6 Å². The number of amides is 2. The first-order valence-electron chi connectivity index (χ1n) is 6.16. The van der Waals surface area contributed by atoms with E-state index in [4.69, 9.17) is 28.0 Å². The largest absolute Gasteiger partial charge is 0.344 e. The van der Waals surface area contributed by atoms with Crippen molar-refractivity contribution in [1.82, 2.24) is 10.5 Å². The Kier molecular flexibility index (Phi) is 5.81.